The highest BCUT2D eigenvalue weighted by atomic mass is 16.5. The van der Waals surface area contributed by atoms with Crippen LogP contribution in [-0.2, 0) is 16.1 Å². The smallest absolute Gasteiger partial charge is 0.312 e. The maximum Gasteiger partial charge on any atom is 0.312 e. The lowest BCUT2D eigenvalue weighted by molar-refractivity contribution is -0.193. The molecule has 5 saturated carbocycles. The van der Waals surface area contributed by atoms with Crippen LogP contribution in [0, 0.1) is 51.8 Å². The van der Waals surface area contributed by atoms with Crippen LogP contribution in [-0.4, -0.2) is 17.4 Å². The summed E-state index contributed by atoms with van der Waals surface area (Å²) in [6.07, 6.45) is 18.1. The predicted molar refractivity (Wildman–Crippen MR) is 157 cm³/mol. The van der Waals surface area contributed by atoms with Crippen molar-refractivity contribution in [2.45, 2.75) is 118 Å². The molecule has 0 radical (unpaired) electrons. The van der Waals surface area contributed by atoms with Crippen molar-refractivity contribution >= 4 is 12.2 Å². The number of oxime groups is 1. The summed E-state index contributed by atoms with van der Waals surface area (Å²) < 4.78 is 6.04. The number of fused-ring (bicyclic) bond motifs is 7. The first-order valence-corrected chi connectivity index (χ1v) is 16.2. The number of ether oxygens (including phenoxy) is 1. The molecule has 6 rings (SSSR count). The zero-order valence-electron chi connectivity index (χ0n) is 25.0. The van der Waals surface area contributed by atoms with Crippen molar-refractivity contribution in [2.75, 3.05) is 0 Å². The molecule has 1 aromatic rings. The van der Waals surface area contributed by atoms with Crippen molar-refractivity contribution in [1.82, 2.24) is 0 Å². The number of nitrogens with zero attached hydrogens (tertiary/aromatic N) is 1. The van der Waals surface area contributed by atoms with E-state index in [-0.39, 0.29) is 11.4 Å². The summed E-state index contributed by atoms with van der Waals surface area (Å²) in [5.41, 5.74) is 1.94. The maximum atomic E-state index is 13.7. The minimum atomic E-state index is -0.195. The van der Waals surface area contributed by atoms with Crippen LogP contribution in [0.15, 0.2) is 35.5 Å². The monoisotopic (exact) mass is 535 g/mol. The average molecular weight is 536 g/mol. The van der Waals surface area contributed by atoms with E-state index < -0.39 is 0 Å². The Morgan fingerprint density at radius 3 is 2.36 bits per heavy atom. The van der Waals surface area contributed by atoms with Crippen LogP contribution in [0.5, 0.6) is 0 Å². The van der Waals surface area contributed by atoms with Gasteiger partial charge < -0.3 is 9.94 Å². The minimum absolute atomic E-state index is 0.126. The molecule has 1 N–H and O–H groups in total. The van der Waals surface area contributed by atoms with Crippen LogP contribution in [0.2, 0.25) is 0 Å². The zero-order valence-corrected chi connectivity index (χ0v) is 25.0. The molecule has 0 bridgehead atoms. The molecule has 0 spiro atoms. The number of benzene rings is 1. The van der Waals surface area contributed by atoms with Crippen molar-refractivity contribution in [3.8, 4) is 0 Å². The van der Waals surface area contributed by atoms with Crippen molar-refractivity contribution in [2.24, 2.45) is 56.9 Å². The molecule has 5 aliphatic rings. The summed E-state index contributed by atoms with van der Waals surface area (Å²) in [6.45, 7) is 10.3. The van der Waals surface area contributed by atoms with E-state index >= 15 is 0 Å². The Morgan fingerprint density at radius 1 is 0.923 bits per heavy atom. The van der Waals surface area contributed by atoms with Gasteiger partial charge in [0.15, 0.2) is 0 Å². The zero-order chi connectivity index (χ0) is 27.7. The molecular formula is C35H53NO3. The molecule has 5 aliphatic carbocycles. The van der Waals surface area contributed by atoms with Crippen LogP contribution in [0.25, 0.3) is 0 Å². The lowest BCUT2D eigenvalue weighted by Crippen LogP contribution is -2.60. The summed E-state index contributed by atoms with van der Waals surface area (Å²) in [7, 11) is 0. The van der Waals surface area contributed by atoms with E-state index in [9.17, 15) is 4.79 Å². The van der Waals surface area contributed by atoms with Gasteiger partial charge in [0.2, 0.25) is 0 Å². The third kappa shape index (κ3) is 4.97. The number of carbonyl (C=O) groups excluding carboxylic acids is 1. The molecule has 1 aromatic carbocycles. The fraction of sp³-hybridized carbons (Fsp3) is 0.771. The van der Waals surface area contributed by atoms with E-state index in [1.807, 2.05) is 25.1 Å². The number of esters is 1. The molecule has 0 amide bonds. The average Bonchev–Trinajstić information content (AvgIpc) is 3.39. The molecule has 216 valence electrons. The molecule has 4 heteroatoms. The summed E-state index contributed by atoms with van der Waals surface area (Å²) >= 11 is 0. The number of carbonyl (C=O) groups is 1. The lowest BCUT2D eigenvalue weighted by atomic mass is 9.38. The van der Waals surface area contributed by atoms with Gasteiger partial charge in [-0.05, 0) is 116 Å². The second-order valence-electron chi connectivity index (χ2n) is 14.4. The summed E-state index contributed by atoms with van der Waals surface area (Å²) in [5.74, 6) is 4.99. The lowest BCUT2D eigenvalue weighted by Gasteiger charge is -2.67. The topological polar surface area (TPSA) is 58.9 Å². The Morgan fingerprint density at radius 2 is 1.64 bits per heavy atom. The van der Waals surface area contributed by atoms with E-state index in [0.29, 0.717) is 23.4 Å². The number of hydrogen-bond acceptors (Lipinski definition) is 4. The third-order valence-electron chi connectivity index (χ3n) is 12.8. The van der Waals surface area contributed by atoms with Crippen molar-refractivity contribution in [1.29, 1.82) is 0 Å². The molecular weight excluding hydrogens is 482 g/mol. The van der Waals surface area contributed by atoms with Crippen molar-refractivity contribution in [3.63, 3.8) is 0 Å². The Balaban J connectivity index is 0.000000567. The first-order valence-electron chi connectivity index (χ1n) is 16.2. The van der Waals surface area contributed by atoms with Crippen LogP contribution in [0.1, 0.15) is 117 Å². The minimum Gasteiger partial charge on any atom is -0.460 e. The third-order valence-corrected chi connectivity index (χ3v) is 12.8. The second-order valence-corrected chi connectivity index (χ2v) is 14.4. The molecule has 0 heterocycles. The quantitative estimate of drug-likeness (QED) is 0.181. The Kier molecular flexibility index (Phi) is 8.51. The fourth-order valence-corrected chi connectivity index (χ4v) is 11.2. The standard InChI is InChI=1S/C32H46O2.C3H7NO/c1-22-9-7-17-30(2)25(22)15-19-31(3)26-16-20-32(29(33)34-21-23-10-5-4-6-11-23)18-8-12-27(32)24(26)13-14-28(30)31;1-2-3-4-5/h4-6,10-11,22,24-28H,7-9,12-21H2,1-3H3;3,5H,2H2,1H3/b;4-3+. The van der Waals surface area contributed by atoms with Crippen LogP contribution >= 0.6 is 0 Å². The van der Waals surface area contributed by atoms with Crippen molar-refractivity contribution in [3.05, 3.63) is 35.9 Å². The predicted octanol–water partition coefficient (Wildman–Crippen LogP) is 9.05. The molecule has 0 aromatic heterocycles. The largest absolute Gasteiger partial charge is 0.460 e. The summed E-state index contributed by atoms with van der Waals surface area (Å²) in [4.78, 5) is 13.7. The Hall–Kier alpha value is -1.84. The first kappa shape index (κ1) is 28.7. The maximum absolute atomic E-state index is 13.7. The second kappa shape index (κ2) is 11.6. The number of rotatable bonds is 4. The van der Waals surface area contributed by atoms with Gasteiger partial charge in [0.05, 0.1) is 5.41 Å². The summed E-state index contributed by atoms with van der Waals surface area (Å²) in [5, 5.41) is 10.4. The van der Waals surface area contributed by atoms with Gasteiger partial charge in [-0.15, -0.1) is 5.16 Å². The van der Waals surface area contributed by atoms with E-state index in [4.69, 9.17) is 9.94 Å². The normalized spacial score (nSPS) is 42.8. The Labute approximate surface area is 237 Å². The van der Waals surface area contributed by atoms with E-state index in [1.165, 1.54) is 70.4 Å². The molecule has 0 aliphatic heterocycles. The Bertz CT molecular complexity index is 1010. The SMILES string of the molecule is CC/C=N/O.CC1CCCC2(C)C1CCC1(C)C3CCC4(C(=O)OCc5ccccc5)CCCC4C3CCC21. The highest BCUT2D eigenvalue weighted by molar-refractivity contribution is 5.78. The van der Waals surface area contributed by atoms with Gasteiger partial charge in [-0.2, -0.15) is 0 Å². The van der Waals surface area contributed by atoms with Gasteiger partial charge in [-0.25, -0.2) is 0 Å². The molecule has 0 saturated heterocycles. The first-order chi connectivity index (χ1) is 18.8. The van der Waals surface area contributed by atoms with Gasteiger partial charge in [0.25, 0.3) is 0 Å². The van der Waals surface area contributed by atoms with Gasteiger partial charge in [-0.1, -0.05) is 77.3 Å². The van der Waals surface area contributed by atoms with Crippen LogP contribution in [0.3, 0.4) is 0 Å². The van der Waals surface area contributed by atoms with Gasteiger partial charge in [0.1, 0.15) is 6.61 Å². The fourth-order valence-electron chi connectivity index (χ4n) is 11.2. The molecule has 9 unspecified atom stereocenters. The molecule has 39 heavy (non-hydrogen) atoms. The van der Waals surface area contributed by atoms with Gasteiger partial charge in [0, 0.05) is 6.21 Å². The van der Waals surface area contributed by atoms with Crippen molar-refractivity contribution < 1.29 is 14.7 Å². The van der Waals surface area contributed by atoms with Gasteiger partial charge in [-0.3, -0.25) is 4.79 Å². The number of hydrogen-bond donors (Lipinski definition) is 1. The van der Waals surface area contributed by atoms with E-state index in [1.54, 1.807) is 0 Å². The summed E-state index contributed by atoms with van der Waals surface area (Å²) in [6, 6.07) is 10.2. The van der Waals surface area contributed by atoms with Gasteiger partial charge >= 0.3 is 5.97 Å². The van der Waals surface area contributed by atoms with E-state index in [0.717, 1.165) is 54.4 Å². The van der Waals surface area contributed by atoms with Crippen LogP contribution < -0.4 is 0 Å². The highest BCUT2D eigenvalue weighted by Gasteiger charge is 2.65. The highest BCUT2D eigenvalue weighted by Crippen LogP contribution is 2.71. The van der Waals surface area contributed by atoms with Crippen LogP contribution in [0.4, 0.5) is 0 Å². The molecule has 9 atom stereocenters. The molecule has 5 fully saturated rings. The van der Waals surface area contributed by atoms with E-state index in [2.05, 4.69) is 38.1 Å². The molecule has 4 nitrogen and oxygen atoms in total.